The first-order chi connectivity index (χ1) is 61.2. The van der Waals surface area contributed by atoms with Crippen molar-refractivity contribution in [3.63, 3.8) is 0 Å². The molecule has 1 fully saturated rings. The van der Waals surface area contributed by atoms with Crippen molar-refractivity contribution < 1.29 is 36.7 Å². The summed E-state index contributed by atoms with van der Waals surface area (Å²) in [6, 6.07) is 65.9. The Kier molecular flexibility index (Phi) is 13.8. The van der Waals surface area contributed by atoms with Gasteiger partial charge in [0.05, 0.1) is 38.6 Å². The van der Waals surface area contributed by atoms with Crippen molar-refractivity contribution in [3.05, 3.63) is 356 Å². The summed E-state index contributed by atoms with van der Waals surface area (Å²) in [5.41, 5.74) is 11.2. The van der Waals surface area contributed by atoms with Crippen molar-refractivity contribution in [2.24, 2.45) is 0 Å². The van der Waals surface area contributed by atoms with Crippen LogP contribution in [-0.2, 0) is 9.31 Å². The monoisotopic (exact) mass is 1470 g/mol. The second-order valence-electron chi connectivity index (χ2n) is 26.2. The average Bonchev–Trinajstić information content (AvgIpc) is 1.55. The molecule has 1 aliphatic heterocycles. The van der Waals surface area contributed by atoms with Crippen molar-refractivity contribution in [1.29, 1.82) is 0 Å². The zero-order chi connectivity index (χ0) is 90.5. The first kappa shape index (κ1) is 49.6. The Morgan fingerprint density at radius 2 is 0.565 bits per heavy atom. The molecule has 8 nitrogen and oxygen atoms in total. The number of benzene rings is 14. The second kappa shape index (κ2) is 30.0. The van der Waals surface area contributed by atoms with Crippen LogP contribution in [0.4, 0.5) is 0 Å². The normalized spacial score (nSPS) is 15.5. The molecule has 1 aliphatic rings. The minimum atomic E-state index is -0.602. The van der Waals surface area contributed by atoms with E-state index in [9.17, 15) is 0 Å². The number of nitrogens with zero attached hydrogens (tertiary/aromatic N) is 6. The van der Waals surface area contributed by atoms with Gasteiger partial charge in [0, 0.05) is 78.8 Å². The molecule has 518 valence electrons. The van der Waals surface area contributed by atoms with E-state index in [0.717, 1.165) is 59.0 Å². The lowest BCUT2D eigenvalue weighted by Gasteiger charge is -2.32. The molecule has 19 rings (SSSR count). The van der Waals surface area contributed by atoms with Crippen LogP contribution < -0.4 is 5.46 Å². The highest BCUT2D eigenvalue weighted by molar-refractivity contribution is 7.27. The third-order valence-corrected chi connectivity index (χ3v) is 21.7. The predicted octanol–water partition coefficient (Wildman–Crippen LogP) is 25.5. The highest BCUT2D eigenvalue weighted by atomic mass is 35.5. The number of hydrogen-bond acceptors (Lipinski definition) is 10. The van der Waals surface area contributed by atoms with Crippen LogP contribution in [0.15, 0.2) is 351 Å². The molecule has 0 radical (unpaired) electrons. The van der Waals surface area contributed by atoms with Gasteiger partial charge in [-0.15, -0.1) is 22.7 Å². The lowest BCUT2D eigenvalue weighted by molar-refractivity contribution is 0.00578. The fourth-order valence-corrected chi connectivity index (χ4v) is 15.7. The van der Waals surface area contributed by atoms with Gasteiger partial charge in [0.15, 0.2) is 34.9 Å². The van der Waals surface area contributed by atoms with Gasteiger partial charge in [-0.3, -0.25) is 0 Å². The molecule has 0 amide bonds. The maximum absolute atomic E-state index is 8.66. The van der Waals surface area contributed by atoms with Crippen LogP contribution in [-0.4, -0.2) is 48.2 Å². The third kappa shape index (κ3) is 14.2. The summed E-state index contributed by atoms with van der Waals surface area (Å²) in [6.07, 6.45) is 0. The van der Waals surface area contributed by atoms with Crippen molar-refractivity contribution in [1.82, 2.24) is 29.9 Å². The van der Waals surface area contributed by atoms with Gasteiger partial charge >= 0.3 is 7.12 Å². The quantitative estimate of drug-likeness (QED) is 0.112. The zero-order valence-electron chi connectivity index (χ0n) is 78.2. The van der Waals surface area contributed by atoms with Gasteiger partial charge in [-0.1, -0.05) is 345 Å². The molecule has 0 unspecified atom stereocenters. The summed E-state index contributed by atoms with van der Waals surface area (Å²) in [6.45, 7) is 8.43. The van der Waals surface area contributed by atoms with E-state index < -0.39 is 121 Å². The van der Waals surface area contributed by atoms with Gasteiger partial charge in [-0.2, -0.15) is 0 Å². The van der Waals surface area contributed by atoms with Crippen LogP contribution >= 0.6 is 34.3 Å². The fourth-order valence-electron chi connectivity index (χ4n) is 12.8. The van der Waals surface area contributed by atoms with Crippen LogP contribution in [0.3, 0.4) is 0 Å². The maximum Gasteiger partial charge on any atom is 0.496 e. The molecule has 5 heterocycles. The first-order valence-electron chi connectivity index (χ1n) is 44.4. The van der Waals surface area contributed by atoms with Crippen molar-refractivity contribution in [3.8, 4) is 124 Å². The maximum atomic E-state index is 8.66. The molecule has 0 N–H and O–H groups in total. The zero-order valence-corrected chi connectivity index (χ0v) is 60.6. The summed E-state index contributed by atoms with van der Waals surface area (Å²) in [4.78, 5) is 26.4. The van der Waals surface area contributed by atoms with Gasteiger partial charge in [0.2, 0.25) is 0 Å². The van der Waals surface area contributed by atoms with Gasteiger partial charge in [-0.25, -0.2) is 29.9 Å². The van der Waals surface area contributed by atoms with Crippen LogP contribution in [0.5, 0.6) is 0 Å². The molecule has 12 heteroatoms. The largest absolute Gasteiger partial charge is 0.496 e. The number of aromatic nitrogens is 6. The first-order valence-corrected chi connectivity index (χ1v) is 36.5. The van der Waals surface area contributed by atoms with Crippen molar-refractivity contribution >= 4 is 87.2 Å². The number of hydrogen-bond donors (Lipinski definition) is 0. The number of thiophene rings is 2. The Bertz CT molecular complexity index is 7260. The van der Waals surface area contributed by atoms with E-state index in [-0.39, 0.29) is 75.5 Å². The summed E-state index contributed by atoms with van der Waals surface area (Å²) in [5, 5.41) is 5.09. The molecular formula is C96H70BClN6O2S2. The van der Waals surface area contributed by atoms with E-state index in [4.69, 9.17) is 48.3 Å². The lowest BCUT2D eigenvalue weighted by atomic mass is 9.78. The van der Waals surface area contributed by atoms with Crippen LogP contribution in [0.25, 0.3) is 164 Å². The topological polar surface area (TPSA) is 95.8 Å². The van der Waals surface area contributed by atoms with Crippen molar-refractivity contribution in [2.45, 2.75) is 38.9 Å². The number of fused-ring (bicyclic) bond motifs is 6. The molecule has 1 saturated heterocycles. The number of halogens is 1. The summed E-state index contributed by atoms with van der Waals surface area (Å²) in [7, 11) is -0.365. The van der Waals surface area contributed by atoms with Crippen LogP contribution in [0, 0.1) is 0 Å². The molecule has 4 aromatic heterocycles. The average molecular weight is 1470 g/mol. The van der Waals surface area contributed by atoms with E-state index in [0.29, 0.717) is 16.1 Å². The summed E-state index contributed by atoms with van der Waals surface area (Å²) >= 11 is 9.63. The van der Waals surface area contributed by atoms with E-state index in [1.54, 1.807) is 35.6 Å². The Morgan fingerprint density at radius 3 is 0.954 bits per heavy atom. The molecule has 108 heavy (non-hydrogen) atoms. The molecule has 18 aromatic rings. The Morgan fingerprint density at radius 1 is 0.278 bits per heavy atom. The molecule has 0 aliphatic carbocycles. The summed E-state index contributed by atoms with van der Waals surface area (Å²) < 4.78 is 182. The predicted molar refractivity (Wildman–Crippen MR) is 452 cm³/mol. The van der Waals surface area contributed by atoms with Gasteiger partial charge in [0.1, 0.15) is 0 Å². The van der Waals surface area contributed by atoms with Gasteiger partial charge in [-0.05, 0) is 107 Å². The highest BCUT2D eigenvalue weighted by Crippen LogP contribution is 2.46. The van der Waals surface area contributed by atoms with Gasteiger partial charge < -0.3 is 9.31 Å². The van der Waals surface area contributed by atoms with E-state index >= 15 is 0 Å². The van der Waals surface area contributed by atoms with Crippen molar-refractivity contribution in [2.75, 3.05) is 0 Å². The Labute approximate surface area is 669 Å². The summed E-state index contributed by atoms with van der Waals surface area (Å²) in [5.74, 6) is -1.30. The van der Waals surface area contributed by atoms with Crippen LogP contribution in [0.1, 0.15) is 55.1 Å². The van der Waals surface area contributed by atoms with E-state index in [2.05, 4.69) is 209 Å². The molecule has 0 saturated carbocycles. The lowest BCUT2D eigenvalue weighted by Crippen LogP contribution is -2.41. The molecule has 0 spiro atoms. The minimum Gasteiger partial charge on any atom is -0.399 e. The fraction of sp³-hybridized carbons (Fsp3) is 0.0625. The van der Waals surface area contributed by atoms with E-state index in [1.165, 1.54) is 48.5 Å². The third-order valence-electron chi connectivity index (χ3n) is 18.9. The highest BCUT2D eigenvalue weighted by Gasteiger charge is 2.52. The molecule has 14 aromatic carbocycles. The van der Waals surface area contributed by atoms with Gasteiger partial charge in [0.25, 0.3) is 0 Å². The number of rotatable bonds is 12. The molecule has 0 bridgehead atoms. The Hall–Kier alpha value is -12.2. The molecular weight excluding hydrogens is 1380 g/mol. The van der Waals surface area contributed by atoms with E-state index in [1.807, 2.05) is 59.9 Å². The SMILES string of the molecule is CC1(C)OB(c2cccc3c2sc2c(-c4ccc(-c5ccccc5)cc4)cccc23)OC1(C)C.[2H]c1c([2H])c([2H])c(-c2nc(-c3cccc(-c4cccc5c4sc4c(-c6ccc(-c7ccccc7)cc6)cccc45)c3)nc(-c3c([2H])c([2H])c([2H])c([2H])c3[2H])n2)c([2H])c1[2H].[2H]c1c([2H])c([2H])c(-c2nc(-c3cccc(Cl)c3)nc(-c3c([2H])c([2H])c([2H])c([2H])c3[2H])n2)c([2H])c1[2H]. The standard InChI is InChI=1S/C45H29N3S.C30H27BO2S.C21H14ClN3/c1-4-13-30(14-5-1)31-25-27-32(28-26-31)37-21-11-23-39-40-24-12-22-38(42(40)49-41(37)39)35-19-10-20-36(29-35)45-47-43(33-15-6-2-7-16-33)46-44(48-45)34-17-8-3-9-18-34;1-29(2)30(3,4)33-31(32-29)26-15-9-14-25-24-13-8-12-23(27(24)34-28(25)26)22-18-16-21(17-19-22)20-10-6-5-7-11-20;22-18-13-7-12-17(14-18)21-24-19(15-8-3-1-4-9-15)23-20(25-21)16-10-5-2-6-11-16/h1-29H;5-19H,1-4H3;1-14H/i2D,3D,6D,7D,8D,9D,15D,16D,17D,18D;;1D,2D,3D,4D,5D,6D,8D,9D,10D,11D. The second-order valence-corrected chi connectivity index (χ2v) is 28.6. The molecule has 0 atom stereocenters. The Balaban J connectivity index is 0.000000144. The van der Waals surface area contributed by atoms with Crippen LogP contribution in [0.2, 0.25) is 5.02 Å². The minimum absolute atomic E-state index is 0.00947. The smallest absolute Gasteiger partial charge is 0.399 e.